The standard InChI is InChI=1S/C13H15N/c14-13-9-3-1-2-6-11-7-4-5-8-12(11)10-13/h2,4-8,10H,1,3,9,14H2/b6-2-,13-10+. The molecule has 14 heavy (non-hydrogen) atoms. The summed E-state index contributed by atoms with van der Waals surface area (Å²) in [6.45, 7) is 0. The van der Waals surface area contributed by atoms with E-state index >= 15 is 0 Å². The molecule has 1 aromatic rings. The molecule has 0 radical (unpaired) electrons. The van der Waals surface area contributed by atoms with Gasteiger partial charge >= 0.3 is 0 Å². The predicted octanol–water partition coefficient (Wildman–Crippen LogP) is 3.18. The third-order valence-electron chi connectivity index (χ3n) is 2.47. The number of benzene rings is 1. The summed E-state index contributed by atoms with van der Waals surface area (Å²) in [5.41, 5.74) is 9.40. The molecule has 0 spiro atoms. The van der Waals surface area contributed by atoms with Crippen LogP contribution in [0.3, 0.4) is 0 Å². The lowest BCUT2D eigenvalue weighted by Gasteiger charge is -2.01. The summed E-state index contributed by atoms with van der Waals surface area (Å²) in [6.07, 6.45) is 9.76. The van der Waals surface area contributed by atoms with Gasteiger partial charge in [-0.25, -0.2) is 0 Å². The second-order valence-electron chi connectivity index (χ2n) is 3.64. The highest BCUT2D eigenvalue weighted by atomic mass is 14.6. The Morgan fingerprint density at radius 1 is 1.07 bits per heavy atom. The van der Waals surface area contributed by atoms with Crippen LogP contribution in [-0.2, 0) is 0 Å². The van der Waals surface area contributed by atoms with E-state index < -0.39 is 0 Å². The van der Waals surface area contributed by atoms with E-state index in [2.05, 4.69) is 36.4 Å². The van der Waals surface area contributed by atoms with Gasteiger partial charge in [0.05, 0.1) is 0 Å². The molecule has 1 nitrogen and oxygen atoms in total. The minimum absolute atomic E-state index is 0.987. The van der Waals surface area contributed by atoms with Crippen LogP contribution in [-0.4, -0.2) is 0 Å². The molecular formula is C13H15N. The average Bonchev–Trinajstić information content (AvgIpc) is 2.27. The highest BCUT2D eigenvalue weighted by Crippen LogP contribution is 2.18. The monoisotopic (exact) mass is 185 g/mol. The fourth-order valence-electron chi connectivity index (χ4n) is 1.70. The number of nitrogens with two attached hydrogens (primary N) is 1. The molecule has 0 unspecified atom stereocenters. The van der Waals surface area contributed by atoms with Crippen LogP contribution in [0.1, 0.15) is 30.4 Å². The van der Waals surface area contributed by atoms with Crippen LogP contribution >= 0.6 is 0 Å². The van der Waals surface area contributed by atoms with Crippen LogP contribution in [0.15, 0.2) is 36.0 Å². The third kappa shape index (κ3) is 2.05. The summed E-state index contributed by atoms with van der Waals surface area (Å²) >= 11 is 0. The van der Waals surface area contributed by atoms with Crippen molar-refractivity contribution in [2.24, 2.45) is 5.73 Å². The minimum Gasteiger partial charge on any atom is -0.402 e. The first kappa shape index (κ1) is 9.07. The molecule has 1 heteroatoms. The summed E-state index contributed by atoms with van der Waals surface area (Å²) in [4.78, 5) is 0. The van der Waals surface area contributed by atoms with Crippen molar-refractivity contribution in [1.82, 2.24) is 0 Å². The number of hydrogen-bond acceptors (Lipinski definition) is 1. The van der Waals surface area contributed by atoms with Crippen molar-refractivity contribution in [3.8, 4) is 0 Å². The van der Waals surface area contributed by atoms with Gasteiger partial charge < -0.3 is 5.73 Å². The maximum atomic E-state index is 5.92. The molecule has 0 atom stereocenters. The minimum atomic E-state index is 0.987. The van der Waals surface area contributed by atoms with Crippen molar-refractivity contribution < 1.29 is 0 Å². The predicted molar refractivity (Wildman–Crippen MR) is 61.5 cm³/mol. The molecule has 0 saturated heterocycles. The van der Waals surface area contributed by atoms with Crippen LogP contribution in [0.4, 0.5) is 0 Å². The van der Waals surface area contributed by atoms with Crippen molar-refractivity contribution in [2.45, 2.75) is 19.3 Å². The molecule has 0 heterocycles. The van der Waals surface area contributed by atoms with Crippen molar-refractivity contribution in [1.29, 1.82) is 0 Å². The molecule has 0 aliphatic heterocycles. The third-order valence-corrected chi connectivity index (χ3v) is 2.47. The molecule has 2 N–H and O–H groups in total. The zero-order chi connectivity index (χ0) is 9.80. The molecule has 72 valence electrons. The normalized spacial score (nSPS) is 22.1. The number of fused-ring (bicyclic) bond motifs is 1. The van der Waals surface area contributed by atoms with Gasteiger partial charge in [-0.05, 0) is 36.5 Å². The second kappa shape index (κ2) is 4.14. The van der Waals surface area contributed by atoms with E-state index in [0.29, 0.717) is 0 Å². The van der Waals surface area contributed by atoms with Crippen molar-refractivity contribution >= 4 is 12.2 Å². The van der Waals surface area contributed by atoms with Crippen LogP contribution in [0.2, 0.25) is 0 Å². The SMILES string of the molecule is N/C1=C/c2ccccc2/C=C\CCC1. The Bertz CT molecular complexity index is 375. The molecule has 1 aromatic carbocycles. The Hall–Kier alpha value is -1.50. The lowest BCUT2D eigenvalue weighted by atomic mass is 10.1. The summed E-state index contributed by atoms with van der Waals surface area (Å²) in [6, 6.07) is 8.35. The number of rotatable bonds is 0. The van der Waals surface area contributed by atoms with E-state index in [4.69, 9.17) is 5.73 Å². The Balaban J connectivity index is 2.46. The average molecular weight is 185 g/mol. The van der Waals surface area contributed by atoms with Gasteiger partial charge in [-0.15, -0.1) is 0 Å². The van der Waals surface area contributed by atoms with Crippen LogP contribution in [0.25, 0.3) is 12.2 Å². The summed E-state index contributed by atoms with van der Waals surface area (Å²) in [5.74, 6) is 0. The molecular weight excluding hydrogens is 170 g/mol. The molecule has 0 fully saturated rings. The molecule has 1 aliphatic rings. The fourth-order valence-corrected chi connectivity index (χ4v) is 1.70. The molecule has 2 rings (SSSR count). The first-order chi connectivity index (χ1) is 6.86. The summed E-state index contributed by atoms with van der Waals surface area (Å²) in [5, 5.41) is 0. The van der Waals surface area contributed by atoms with E-state index in [1.54, 1.807) is 0 Å². The fraction of sp³-hybridized carbons (Fsp3) is 0.231. The molecule has 0 saturated carbocycles. The van der Waals surface area contributed by atoms with Crippen LogP contribution < -0.4 is 5.73 Å². The van der Waals surface area contributed by atoms with E-state index in [1.165, 1.54) is 11.1 Å². The number of hydrogen-bond donors (Lipinski definition) is 1. The zero-order valence-corrected chi connectivity index (χ0v) is 8.24. The highest BCUT2D eigenvalue weighted by molar-refractivity contribution is 5.66. The smallest absolute Gasteiger partial charge is 0.00867 e. The molecule has 1 aliphatic carbocycles. The van der Waals surface area contributed by atoms with Gasteiger partial charge in [0.1, 0.15) is 0 Å². The van der Waals surface area contributed by atoms with Crippen LogP contribution in [0, 0.1) is 0 Å². The first-order valence-electron chi connectivity index (χ1n) is 5.08. The van der Waals surface area contributed by atoms with E-state index in [0.717, 1.165) is 25.0 Å². The highest BCUT2D eigenvalue weighted by Gasteiger charge is 1.99. The summed E-state index contributed by atoms with van der Waals surface area (Å²) in [7, 11) is 0. The van der Waals surface area contributed by atoms with Gasteiger partial charge in [0, 0.05) is 5.70 Å². The zero-order valence-electron chi connectivity index (χ0n) is 8.24. The Morgan fingerprint density at radius 3 is 2.71 bits per heavy atom. The molecule has 0 amide bonds. The maximum absolute atomic E-state index is 5.92. The summed E-state index contributed by atoms with van der Waals surface area (Å²) < 4.78 is 0. The van der Waals surface area contributed by atoms with Gasteiger partial charge in [-0.3, -0.25) is 0 Å². The lowest BCUT2D eigenvalue weighted by Crippen LogP contribution is -1.96. The van der Waals surface area contributed by atoms with E-state index in [9.17, 15) is 0 Å². The van der Waals surface area contributed by atoms with Crippen LogP contribution in [0.5, 0.6) is 0 Å². The first-order valence-corrected chi connectivity index (χ1v) is 5.08. The van der Waals surface area contributed by atoms with Crippen molar-refractivity contribution in [3.63, 3.8) is 0 Å². The molecule has 0 aromatic heterocycles. The number of allylic oxidation sites excluding steroid dienone is 2. The van der Waals surface area contributed by atoms with Crippen molar-refractivity contribution in [3.05, 3.63) is 47.2 Å². The Morgan fingerprint density at radius 2 is 1.86 bits per heavy atom. The Labute approximate surface area is 84.9 Å². The van der Waals surface area contributed by atoms with E-state index in [1.807, 2.05) is 6.07 Å². The largest absolute Gasteiger partial charge is 0.402 e. The topological polar surface area (TPSA) is 26.0 Å². The van der Waals surface area contributed by atoms with Gasteiger partial charge in [0.2, 0.25) is 0 Å². The lowest BCUT2D eigenvalue weighted by molar-refractivity contribution is 0.831. The Kier molecular flexibility index (Phi) is 2.68. The van der Waals surface area contributed by atoms with Crippen molar-refractivity contribution in [2.75, 3.05) is 0 Å². The second-order valence-corrected chi connectivity index (χ2v) is 3.64. The maximum Gasteiger partial charge on any atom is 0.00867 e. The van der Waals surface area contributed by atoms with Gasteiger partial charge in [-0.1, -0.05) is 36.4 Å². The molecule has 0 bridgehead atoms. The van der Waals surface area contributed by atoms with E-state index in [-0.39, 0.29) is 0 Å². The van der Waals surface area contributed by atoms with Gasteiger partial charge in [0.15, 0.2) is 0 Å². The van der Waals surface area contributed by atoms with Gasteiger partial charge in [-0.2, -0.15) is 0 Å². The van der Waals surface area contributed by atoms with Gasteiger partial charge in [0.25, 0.3) is 0 Å². The quantitative estimate of drug-likeness (QED) is 0.660.